The van der Waals surface area contributed by atoms with Crippen LogP contribution in [0.15, 0.2) is 48.5 Å². The van der Waals surface area contributed by atoms with Gasteiger partial charge in [-0.05, 0) is 55.3 Å². The van der Waals surface area contributed by atoms with E-state index in [2.05, 4.69) is 30.8 Å². The maximum Gasteiger partial charge on any atom is 0.251 e. The summed E-state index contributed by atoms with van der Waals surface area (Å²) in [5, 5.41) is 3.96. The van der Waals surface area contributed by atoms with E-state index in [4.69, 9.17) is 4.98 Å². The maximum atomic E-state index is 12.8. The Morgan fingerprint density at radius 3 is 2.39 bits per heavy atom. The Bertz CT molecular complexity index is 1120. The second-order valence-electron chi connectivity index (χ2n) is 9.06. The molecule has 4 N–H and O–H groups in total. The van der Waals surface area contributed by atoms with Gasteiger partial charge in [0.05, 0.1) is 17.2 Å². The number of rotatable bonds is 5. The van der Waals surface area contributed by atoms with Crippen molar-refractivity contribution in [1.29, 1.82) is 0 Å². The van der Waals surface area contributed by atoms with Gasteiger partial charge >= 0.3 is 0 Å². The molecule has 0 aliphatic rings. The number of amides is 1. The van der Waals surface area contributed by atoms with Gasteiger partial charge in [-0.25, -0.2) is 0 Å². The summed E-state index contributed by atoms with van der Waals surface area (Å²) < 4.78 is 21.9. The van der Waals surface area contributed by atoms with E-state index in [1.807, 2.05) is 50.2 Å². The van der Waals surface area contributed by atoms with Gasteiger partial charge < -0.3 is 5.32 Å². The fourth-order valence-electron chi connectivity index (χ4n) is 3.33. The van der Waals surface area contributed by atoms with Crippen LogP contribution >= 0.6 is 10.8 Å². The average Bonchev–Trinajstić information content (AvgIpc) is 2.66. The van der Waals surface area contributed by atoms with Crippen molar-refractivity contribution in [2.45, 2.75) is 46.1 Å². The number of pyridine rings is 1. The zero-order valence-electron chi connectivity index (χ0n) is 18.9. The smallest absolute Gasteiger partial charge is 0.251 e. The van der Waals surface area contributed by atoms with Crippen molar-refractivity contribution in [3.8, 4) is 0 Å². The van der Waals surface area contributed by atoms with E-state index in [9.17, 15) is 13.9 Å². The summed E-state index contributed by atoms with van der Waals surface area (Å²) >= 11 is 0. The van der Waals surface area contributed by atoms with E-state index in [1.54, 1.807) is 12.1 Å². The van der Waals surface area contributed by atoms with Crippen molar-refractivity contribution in [3.05, 3.63) is 70.9 Å². The lowest BCUT2D eigenvalue weighted by molar-refractivity contribution is 0.0940. The first kappa shape index (κ1) is 23.1. The molecule has 1 atom stereocenters. The van der Waals surface area contributed by atoms with E-state index >= 15 is 0 Å². The van der Waals surface area contributed by atoms with Crippen LogP contribution in [0.4, 0.5) is 5.69 Å². The molecule has 1 heterocycles. The Balaban J connectivity index is 1.76. The minimum atomic E-state index is -2.84. The molecule has 31 heavy (non-hydrogen) atoms. The quantitative estimate of drug-likeness (QED) is 0.387. The predicted molar refractivity (Wildman–Crippen MR) is 130 cm³/mol. The number of anilines is 1. The number of nitrogens with zero attached hydrogens (tertiary/aromatic N) is 1. The summed E-state index contributed by atoms with van der Waals surface area (Å²) in [5.74, 6) is -0.156. The molecule has 2 aromatic carbocycles. The molecule has 7 heteroatoms. The van der Waals surface area contributed by atoms with Crippen LogP contribution < -0.4 is 10.0 Å². The van der Waals surface area contributed by atoms with Crippen molar-refractivity contribution >= 4 is 33.3 Å². The fourth-order valence-corrected chi connectivity index (χ4v) is 3.97. The highest BCUT2D eigenvalue weighted by Gasteiger charge is 2.17. The second-order valence-corrected chi connectivity index (χ2v) is 10.9. The van der Waals surface area contributed by atoms with E-state index in [0.29, 0.717) is 11.3 Å². The first-order valence-electron chi connectivity index (χ1n) is 10.2. The van der Waals surface area contributed by atoms with Crippen molar-refractivity contribution in [1.82, 2.24) is 10.3 Å². The predicted octanol–water partition coefficient (Wildman–Crippen LogP) is 6.04. The number of aromatic nitrogens is 1. The highest BCUT2D eigenvalue weighted by Crippen LogP contribution is 2.36. The van der Waals surface area contributed by atoms with Gasteiger partial charge in [-0.3, -0.25) is 23.6 Å². The molecule has 6 nitrogen and oxygen atoms in total. The molecular weight excluding hydrogens is 410 g/mol. The standard InChI is InChI=1S/C24H31N3O3S/c1-15-13-17(7-10-20(15)27-31(6,29)30)16(2)25-23(28)19-8-11-21-18(14-19)9-12-22(26-21)24(3,4)5/h7-14,16,27,29-30H,1-6H3,(H,25,28)/t16-/m1/s1. The fraction of sp³-hybridized carbons (Fsp3) is 0.333. The topological polar surface area (TPSA) is 94.5 Å². The first-order valence-corrected chi connectivity index (χ1v) is 12.1. The van der Waals surface area contributed by atoms with Crippen LogP contribution in [-0.4, -0.2) is 26.3 Å². The lowest BCUT2D eigenvalue weighted by Gasteiger charge is -2.29. The molecule has 3 aromatic rings. The summed E-state index contributed by atoms with van der Waals surface area (Å²) in [4.78, 5) is 17.6. The van der Waals surface area contributed by atoms with Crippen LogP contribution in [0.3, 0.4) is 0 Å². The normalized spacial score (nSPS) is 13.7. The van der Waals surface area contributed by atoms with E-state index in [-0.39, 0.29) is 17.4 Å². The molecule has 3 rings (SSSR count). The zero-order chi connectivity index (χ0) is 23.0. The lowest BCUT2D eigenvalue weighted by Crippen LogP contribution is -2.26. The summed E-state index contributed by atoms with van der Waals surface area (Å²) in [5.41, 5.74) is 4.90. The molecule has 0 aliphatic carbocycles. The summed E-state index contributed by atoms with van der Waals surface area (Å²) in [6.45, 7) is 10.2. The molecule has 0 unspecified atom stereocenters. The first-order chi connectivity index (χ1) is 14.3. The molecule has 0 bridgehead atoms. The van der Waals surface area contributed by atoms with Gasteiger partial charge in [-0.2, -0.15) is 0 Å². The maximum absolute atomic E-state index is 12.8. The number of benzene rings is 2. The van der Waals surface area contributed by atoms with Crippen molar-refractivity contribution in [2.75, 3.05) is 11.0 Å². The molecule has 0 radical (unpaired) electrons. The third-order valence-electron chi connectivity index (χ3n) is 5.12. The minimum absolute atomic E-state index is 0.0306. The zero-order valence-corrected chi connectivity index (χ0v) is 19.7. The Kier molecular flexibility index (Phi) is 6.32. The van der Waals surface area contributed by atoms with Crippen LogP contribution in [0.2, 0.25) is 0 Å². The van der Waals surface area contributed by atoms with Crippen LogP contribution in [0.1, 0.15) is 60.9 Å². The van der Waals surface area contributed by atoms with Crippen molar-refractivity contribution in [2.24, 2.45) is 0 Å². The number of hydrogen-bond acceptors (Lipinski definition) is 5. The van der Waals surface area contributed by atoms with Crippen LogP contribution in [0.25, 0.3) is 10.9 Å². The van der Waals surface area contributed by atoms with Crippen molar-refractivity contribution < 1.29 is 13.9 Å². The summed E-state index contributed by atoms with van der Waals surface area (Å²) in [6, 6.07) is 14.9. The Morgan fingerprint density at radius 1 is 1.06 bits per heavy atom. The largest absolute Gasteiger partial charge is 0.346 e. The van der Waals surface area contributed by atoms with E-state index in [0.717, 1.165) is 27.7 Å². The SMILES string of the molecule is Cc1cc([C@@H](C)NC(=O)c2ccc3nc(C(C)(C)C)ccc3c2)ccc1NS(C)(O)O. The van der Waals surface area contributed by atoms with Gasteiger partial charge in [0.25, 0.3) is 5.91 Å². The second kappa shape index (κ2) is 8.49. The highest BCUT2D eigenvalue weighted by molar-refractivity contribution is 8.24. The van der Waals surface area contributed by atoms with Gasteiger partial charge in [-0.15, -0.1) is 10.8 Å². The third kappa shape index (κ3) is 5.76. The number of hydrogen-bond donors (Lipinski definition) is 4. The molecule has 0 spiro atoms. The Hall–Kier alpha value is -2.61. The Labute approximate surface area is 185 Å². The minimum Gasteiger partial charge on any atom is -0.346 e. The monoisotopic (exact) mass is 441 g/mol. The summed E-state index contributed by atoms with van der Waals surface area (Å²) in [6.07, 6.45) is 1.34. The van der Waals surface area contributed by atoms with E-state index < -0.39 is 10.8 Å². The van der Waals surface area contributed by atoms with Crippen molar-refractivity contribution in [3.63, 3.8) is 0 Å². The molecular formula is C24H31N3O3S. The molecule has 166 valence electrons. The number of aryl methyl sites for hydroxylation is 1. The molecule has 0 fully saturated rings. The molecule has 1 amide bonds. The lowest BCUT2D eigenvalue weighted by atomic mass is 9.91. The molecule has 0 saturated carbocycles. The van der Waals surface area contributed by atoms with Gasteiger partial charge in [0.2, 0.25) is 0 Å². The van der Waals surface area contributed by atoms with Crippen LogP contribution in [0, 0.1) is 6.92 Å². The van der Waals surface area contributed by atoms with Gasteiger partial charge in [-0.1, -0.05) is 39.0 Å². The Morgan fingerprint density at radius 2 is 1.77 bits per heavy atom. The molecule has 0 aliphatic heterocycles. The molecule has 1 aromatic heterocycles. The number of carbonyl (C=O) groups is 1. The molecule has 0 saturated heterocycles. The van der Waals surface area contributed by atoms with E-state index in [1.165, 1.54) is 6.26 Å². The van der Waals surface area contributed by atoms with Gasteiger partial charge in [0.15, 0.2) is 0 Å². The highest BCUT2D eigenvalue weighted by atomic mass is 32.3. The van der Waals surface area contributed by atoms with Crippen LogP contribution in [-0.2, 0) is 5.41 Å². The summed E-state index contributed by atoms with van der Waals surface area (Å²) in [7, 11) is -2.84. The third-order valence-corrected chi connectivity index (χ3v) is 5.73. The number of carbonyl (C=O) groups excluding carboxylic acids is 1. The average molecular weight is 442 g/mol. The number of nitrogens with one attached hydrogen (secondary N) is 2. The van der Waals surface area contributed by atoms with Crippen LogP contribution in [0.5, 0.6) is 0 Å². The van der Waals surface area contributed by atoms with Gasteiger partial charge in [0.1, 0.15) is 0 Å². The number of fused-ring (bicyclic) bond motifs is 1. The van der Waals surface area contributed by atoms with Gasteiger partial charge in [0, 0.05) is 28.3 Å².